The van der Waals surface area contributed by atoms with Gasteiger partial charge in [-0.15, -0.1) is 11.8 Å². The van der Waals surface area contributed by atoms with Crippen molar-refractivity contribution in [3.8, 4) is 5.75 Å². The molecule has 0 aliphatic rings. The molecule has 0 bridgehead atoms. The van der Waals surface area contributed by atoms with Crippen LogP contribution in [0.25, 0.3) is 0 Å². The lowest BCUT2D eigenvalue weighted by atomic mass is 10.2. The summed E-state index contributed by atoms with van der Waals surface area (Å²) in [6.07, 6.45) is 0. The first-order chi connectivity index (χ1) is 17.8. The minimum atomic E-state index is -3.87. The van der Waals surface area contributed by atoms with Gasteiger partial charge in [0, 0.05) is 31.9 Å². The maximum atomic E-state index is 12.7. The number of benzene rings is 4. The van der Waals surface area contributed by atoms with Crippen LogP contribution in [0.5, 0.6) is 5.75 Å². The Kier molecular flexibility index (Phi) is 9.00. The van der Waals surface area contributed by atoms with E-state index in [1.165, 1.54) is 47.4 Å². The van der Waals surface area contributed by atoms with E-state index >= 15 is 0 Å². The van der Waals surface area contributed by atoms with E-state index in [1.807, 2.05) is 18.2 Å². The molecule has 190 valence electrons. The molecule has 0 heterocycles. The van der Waals surface area contributed by atoms with Crippen molar-refractivity contribution in [2.24, 2.45) is 0 Å². The molecular weight excluding hydrogens is 551 g/mol. The van der Waals surface area contributed by atoms with Gasteiger partial charge in [0.15, 0.2) is 0 Å². The van der Waals surface area contributed by atoms with Gasteiger partial charge in [-0.1, -0.05) is 41.4 Å². The molecule has 6 nitrogen and oxygen atoms in total. The zero-order valence-electron chi connectivity index (χ0n) is 19.4. The predicted octanol–water partition coefficient (Wildman–Crippen LogP) is 7.22. The number of carbonyl (C=O) groups is 1. The molecule has 0 fully saturated rings. The van der Waals surface area contributed by atoms with Crippen LogP contribution in [0.2, 0.25) is 10.0 Å². The number of ether oxygens (including phenoxy) is 1. The van der Waals surface area contributed by atoms with E-state index in [1.54, 1.807) is 36.0 Å². The van der Waals surface area contributed by atoms with Crippen LogP contribution in [-0.4, -0.2) is 26.7 Å². The number of anilines is 2. The minimum Gasteiger partial charge on any atom is -0.493 e. The van der Waals surface area contributed by atoms with Gasteiger partial charge in [0.05, 0.1) is 17.2 Å². The summed E-state index contributed by atoms with van der Waals surface area (Å²) in [6.45, 7) is 0.541. The van der Waals surface area contributed by atoms with Gasteiger partial charge in [-0.3, -0.25) is 9.52 Å². The van der Waals surface area contributed by atoms with Gasteiger partial charge >= 0.3 is 0 Å². The fraction of sp³-hybridized carbons (Fsp3) is 0.0741. The fourth-order valence-corrected chi connectivity index (χ4v) is 5.60. The Bertz CT molecular complexity index is 1440. The number of nitrogens with one attached hydrogen (secondary N) is 2. The second-order valence-electron chi connectivity index (χ2n) is 7.78. The maximum Gasteiger partial charge on any atom is 0.261 e. The highest BCUT2D eigenvalue weighted by Crippen LogP contribution is 2.25. The van der Waals surface area contributed by atoms with Crippen molar-refractivity contribution in [1.82, 2.24) is 0 Å². The number of sulfonamides is 1. The lowest BCUT2D eigenvalue weighted by Crippen LogP contribution is -2.14. The monoisotopic (exact) mass is 572 g/mol. The fourth-order valence-electron chi connectivity index (χ4n) is 3.29. The lowest BCUT2D eigenvalue weighted by Gasteiger charge is -2.11. The Hall–Kier alpha value is -3.17. The third-order valence-corrected chi connectivity index (χ3v) is 7.83. The van der Waals surface area contributed by atoms with E-state index in [-0.39, 0.29) is 16.5 Å². The average molecular weight is 574 g/mol. The number of thioether (sulfide) groups is 1. The van der Waals surface area contributed by atoms with Crippen molar-refractivity contribution in [2.45, 2.75) is 9.79 Å². The number of hydrogen-bond donors (Lipinski definition) is 2. The van der Waals surface area contributed by atoms with Crippen LogP contribution >= 0.6 is 35.0 Å². The quantitative estimate of drug-likeness (QED) is 0.155. The van der Waals surface area contributed by atoms with Gasteiger partial charge in [-0.25, -0.2) is 8.42 Å². The minimum absolute atomic E-state index is 0.0218. The molecule has 4 aromatic rings. The van der Waals surface area contributed by atoms with Gasteiger partial charge < -0.3 is 10.1 Å². The molecule has 0 radical (unpaired) electrons. The van der Waals surface area contributed by atoms with E-state index in [0.29, 0.717) is 33.7 Å². The Balaban J connectivity index is 1.29. The number of amides is 1. The summed E-state index contributed by atoms with van der Waals surface area (Å²) in [6, 6.07) is 27.2. The average Bonchev–Trinajstić information content (AvgIpc) is 2.87. The third-order valence-electron chi connectivity index (χ3n) is 5.02. The van der Waals surface area contributed by atoms with E-state index in [9.17, 15) is 13.2 Å². The topological polar surface area (TPSA) is 84.5 Å². The standard InChI is InChI=1S/C27H22Cl2N2O4S2/c28-20-16-21(29)18-23(17-20)31-37(33,34)26-12-8-22(9-13-26)30-27(32)19-6-10-24(11-7-19)35-14-15-36-25-4-2-1-3-5-25/h1-13,16-18,31H,14-15H2,(H,30,32). The first kappa shape index (κ1) is 26.9. The second kappa shape index (κ2) is 12.4. The molecule has 0 saturated carbocycles. The molecule has 0 aliphatic heterocycles. The van der Waals surface area contributed by atoms with E-state index in [4.69, 9.17) is 27.9 Å². The molecule has 1 amide bonds. The largest absolute Gasteiger partial charge is 0.493 e. The molecule has 0 saturated heterocycles. The number of hydrogen-bond acceptors (Lipinski definition) is 5. The predicted molar refractivity (Wildman–Crippen MR) is 151 cm³/mol. The molecule has 0 spiro atoms. The summed E-state index contributed by atoms with van der Waals surface area (Å²) in [4.78, 5) is 13.8. The third kappa shape index (κ3) is 7.90. The van der Waals surface area contributed by atoms with Gasteiger partial charge in [-0.2, -0.15) is 0 Å². The normalized spacial score (nSPS) is 11.1. The molecule has 0 aliphatic carbocycles. The summed E-state index contributed by atoms with van der Waals surface area (Å²) in [5.74, 6) is 1.15. The molecule has 0 aromatic heterocycles. The van der Waals surface area contributed by atoms with Gasteiger partial charge in [0.1, 0.15) is 5.75 Å². The van der Waals surface area contributed by atoms with Crippen molar-refractivity contribution in [2.75, 3.05) is 22.4 Å². The lowest BCUT2D eigenvalue weighted by molar-refractivity contribution is 0.102. The highest BCUT2D eigenvalue weighted by atomic mass is 35.5. The Labute approximate surface area is 230 Å². The zero-order valence-corrected chi connectivity index (χ0v) is 22.5. The summed E-state index contributed by atoms with van der Waals surface area (Å²) in [5, 5.41) is 3.38. The first-order valence-electron chi connectivity index (χ1n) is 11.1. The molecular formula is C27H22Cl2N2O4S2. The Morgan fingerprint density at radius 2 is 1.46 bits per heavy atom. The molecule has 37 heavy (non-hydrogen) atoms. The van der Waals surface area contributed by atoms with Crippen LogP contribution in [0.4, 0.5) is 11.4 Å². The van der Waals surface area contributed by atoms with Gasteiger partial charge in [0.2, 0.25) is 0 Å². The highest BCUT2D eigenvalue weighted by molar-refractivity contribution is 7.99. The molecule has 0 atom stereocenters. The van der Waals surface area contributed by atoms with Crippen molar-refractivity contribution in [3.63, 3.8) is 0 Å². The molecule has 4 rings (SSSR count). The Morgan fingerprint density at radius 3 is 2.11 bits per heavy atom. The van der Waals surface area contributed by atoms with Gasteiger partial charge in [-0.05, 0) is 78.9 Å². The van der Waals surface area contributed by atoms with Crippen LogP contribution in [0.3, 0.4) is 0 Å². The van der Waals surface area contributed by atoms with Crippen molar-refractivity contribution < 1.29 is 17.9 Å². The molecule has 0 unspecified atom stereocenters. The Morgan fingerprint density at radius 1 is 0.811 bits per heavy atom. The molecule has 4 aromatic carbocycles. The molecule has 2 N–H and O–H groups in total. The number of halogens is 2. The summed E-state index contributed by atoms with van der Waals surface area (Å²) >= 11 is 13.6. The summed E-state index contributed by atoms with van der Waals surface area (Å²) in [5.41, 5.74) is 1.15. The number of carbonyl (C=O) groups excluding carboxylic acids is 1. The zero-order chi connectivity index (χ0) is 26.3. The highest BCUT2D eigenvalue weighted by Gasteiger charge is 2.15. The second-order valence-corrected chi connectivity index (χ2v) is 11.5. The van der Waals surface area contributed by atoms with Crippen LogP contribution < -0.4 is 14.8 Å². The number of rotatable bonds is 10. The maximum absolute atomic E-state index is 12.7. The van der Waals surface area contributed by atoms with E-state index in [2.05, 4.69) is 22.2 Å². The molecule has 10 heteroatoms. The van der Waals surface area contributed by atoms with Crippen molar-refractivity contribution >= 4 is 62.3 Å². The smallest absolute Gasteiger partial charge is 0.261 e. The van der Waals surface area contributed by atoms with E-state index in [0.717, 1.165) is 5.75 Å². The van der Waals surface area contributed by atoms with Crippen LogP contribution in [0.15, 0.2) is 107 Å². The van der Waals surface area contributed by atoms with Crippen LogP contribution in [-0.2, 0) is 10.0 Å². The summed E-state index contributed by atoms with van der Waals surface area (Å²) < 4.78 is 33.5. The van der Waals surface area contributed by atoms with Crippen LogP contribution in [0, 0.1) is 0 Å². The summed E-state index contributed by atoms with van der Waals surface area (Å²) in [7, 11) is -3.87. The van der Waals surface area contributed by atoms with Crippen molar-refractivity contribution in [1.29, 1.82) is 0 Å². The SMILES string of the molecule is O=C(Nc1ccc(S(=O)(=O)Nc2cc(Cl)cc(Cl)c2)cc1)c1ccc(OCCSc2ccccc2)cc1. The van der Waals surface area contributed by atoms with Crippen molar-refractivity contribution in [3.05, 3.63) is 113 Å². The van der Waals surface area contributed by atoms with E-state index < -0.39 is 10.0 Å². The first-order valence-corrected chi connectivity index (χ1v) is 14.3. The van der Waals surface area contributed by atoms with Crippen LogP contribution in [0.1, 0.15) is 10.4 Å². The van der Waals surface area contributed by atoms with Gasteiger partial charge in [0.25, 0.3) is 15.9 Å².